The zero-order chi connectivity index (χ0) is 33.1. The standard InChI is InChI=1S/C33H42N4O8/c1-20(2)28-30(41)35-26(18-22-11-14-24(38)15-12-22)31(42)44-19-23(13-16-27(39)37-28)34-29(40)25(17-21-9-7-6-8-10-21)36-32(43)45-33(3,4)5/h6-16,20,23,25-26,28,38H,17-19H2,1-5H3,(H,34,40)(H,35,41)(H,36,43)(H,37,39)/b16-13-/t23-,25+,26+,28+/m1/s1. The Labute approximate surface area is 262 Å². The van der Waals surface area contributed by atoms with E-state index in [1.165, 1.54) is 18.2 Å². The molecular weight excluding hydrogens is 580 g/mol. The first-order valence-corrected chi connectivity index (χ1v) is 14.8. The third kappa shape index (κ3) is 11.6. The molecule has 4 amide bonds. The smallest absolute Gasteiger partial charge is 0.408 e. The number of nitrogens with one attached hydrogen (secondary N) is 4. The lowest BCUT2D eigenvalue weighted by Gasteiger charge is -2.27. The van der Waals surface area contributed by atoms with Crippen LogP contribution in [-0.2, 0) is 41.5 Å². The number of carbonyl (C=O) groups is 5. The molecule has 1 heterocycles. The molecule has 0 aliphatic carbocycles. The van der Waals surface area contributed by atoms with Crippen LogP contribution < -0.4 is 21.3 Å². The fraction of sp³-hybridized carbons (Fsp3) is 0.424. The van der Waals surface area contributed by atoms with Crippen LogP contribution >= 0.6 is 0 Å². The number of esters is 1. The van der Waals surface area contributed by atoms with Gasteiger partial charge in [0.1, 0.15) is 36.1 Å². The molecule has 12 heteroatoms. The molecule has 2 aromatic rings. The average molecular weight is 623 g/mol. The van der Waals surface area contributed by atoms with E-state index in [0.717, 1.165) is 11.6 Å². The van der Waals surface area contributed by atoms with Gasteiger partial charge in [-0.1, -0.05) is 62.4 Å². The number of hydrogen-bond acceptors (Lipinski definition) is 8. The summed E-state index contributed by atoms with van der Waals surface area (Å²) in [5.74, 6) is -2.77. The molecule has 0 unspecified atom stereocenters. The molecule has 2 aromatic carbocycles. The second-order valence-corrected chi connectivity index (χ2v) is 12.2. The first-order valence-electron chi connectivity index (χ1n) is 14.8. The zero-order valence-electron chi connectivity index (χ0n) is 26.2. The largest absolute Gasteiger partial charge is 0.508 e. The molecule has 0 fully saturated rings. The minimum Gasteiger partial charge on any atom is -0.508 e. The van der Waals surface area contributed by atoms with Gasteiger partial charge < -0.3 is 35.8 Å². The maximum Gasteiger partial charge on any atom is 0.408 e. The van der Waals surface area contributed by atoms with Crippen LogP contribution in [0.1, 0.15) is 45.7 Å². The molecule has 45 heavy (non-hydrogen) atoms. The van der Waals surface area contributed by atoms with Crippen molar-refractivity contribution in [1.29, 1.82) is 0 Å². The van der Waals surface area contributed by atoms with Crippen LogP contribution in [0.2, 0.25) is 0 Å². The van der Waals surface area contributed by atoms with E-state index in [2.05, 4.69) is 21.3 Å². The van der Waals surface area contributed by atoms with Crippen molar-refractivity contribution in [3.8, 4) is 5.75 Å². The highest BCUT2D eigenvalue weighted by Gasteiger charge is 2.31. The monoisotopic (exact) mass is 622 g/mol. The summed E-state index contributed by atoms with van der Waals surface area (Å²) in [6, 6.07) is 11.1. The first kappa shape index (κ1) is 34.6. The molecular formula is C33H42N4O8. The molecule has 4 atom stereocenters. The molecule has 0 saturated carbocycles. The molecule has 0 bridgehead atoms. The minimum atomic E-state index is -1.13. The fourth-order valence-corrected chi connectivity index (χ4v) is 4.47. The van der Waals surface area contributed by atoms with E-state index in [4.69, 9.17) is 9.47 Å². The molecule has 1 aliphatic rings. The summed E-state index contributed by atoms with van der Waals surface area (Å²) in [7, 11) is 0. The van der Waals surface area contributed by atoms with E-state index in [-0.39, 0.29) is 31.1 Å². The van der Waals surface area contributed by atoms with Gasteiger partial charge in [-0.25, -0.2) is 9.59 Å². The molecule has 0 radical (unpaired) electrons. The number of phenols is 1. The van der Waals surface area contributed by atoms with Crippen molar-refractivity contribution in [1.82, 2.24) is 21.3 Å². The van der Waals surface area contributed by atoms with Gasteiger partial charge in [-0.05, 0) is 49.9 Å². The Kier molecular flexibility index (Phi) is 12.1. The van der Waals surface area contributed by atoms with Gasteiger partial charge in [0, 0.05) is 18.9 Å². The van der Waals surface area contributed by atoms with Crippen LogP contribution in [-0.4, -0.2) is 71.3 Å². The van der Waals surface area contributed by atoms with E-state index in [0.29, 0.717) is 5.56 Å². The van der Waals surface area contributed by atoms with Crippen LogP contribution in [0.15, 0.2) is 66.7 Å². The molecule has 12 nitrogen and oxygen atoms in total. The number of carbonyl (C=O) groups excluding carboxylic acids is 5. The topological polar surface area (TPSA) is 172 Å². The van der Waals surface area contributed by atoms with Crippen molar-refractivity contribution in [2.45, 2.75) is 77.2 Å². The Morgan fingerprint density at radius 2 is 1.67 bits per heavy atom. The molecule has 1 aliphatic heterocycles. The van der Waals surface area contributed by atoms with Crippen molar-refractivity contribution in [2.75, 3.05) is 6.61 Å². The lowest BCUT2D eigenvalue weighted by atomic mass is 10.0. The highest BCUT2D eigenvalue weighted by atomic mass is 16.6. The molecule has 242 valence electrons. The summed E-state index contributed by atoms with van der Waals surface area (Å²) >= 11 is 0. The quantitative estimate of drug-likeness (QED) is 0.279. The fourth-order valence-electron chi connectivity index (χ4n) is 4.47. The summed E-state index contributed by atoms with van der Waals surface area (Å²) in [4.78, 5) is 65.4. The first-order chi connectivity index (χ1) is 21.2. The van der Waals surface area contributed by atoms with Gasteiger partial charge in [0.2, 0.25) is 17.7 Å². The zero-order valence-corrected chi connectivity index (χ0v) is 26.2. The third-order valence-electron chi connectivity index (χ3n) is 6.73. The number of phenolic OH excluding ortho intramolecular Hbond substituents is 1. The van der Waals surface area contributed by atoms with Crippen molar-refractivity contribution in [3.05, 3.63) is 77.9 Å². The SMILES string of the molecule is CC(C)[C@@H]1NC(=O)/C=C\[C@@H](NC(=O)[C@H](Cc2ccccc2)NC(=O)OC(C)(C)C)COC(=O)[C@H](Cc2ccc(O)cc2)NC1=O. The lowest BCUT2D eigenvalue weighted by Crippen LogP contribution is -2.55. The molecule has 5 N–H and O–H groups in total. The number of amides is 4. The van der Waals surface area contributed by atoms with Crippen LogP contribution in [0, 0.1) is 5.92 Å². The Morgan fingerprint density at radius 3 is 2.29 bits per heavy atom. The highest BCUT2D eigenvalue weighted by molar-refractivity contribution is 5.95. The molecule has 3 rings (SSSR count). The molecule has 0 spiro atoms. The van der Waals surface area contributed by atoms with Crippen molar-refractivity contribution < 1.29 is 38.6 Å². The van der Waals surface area contributed by atoms with Gasteiger partial charge >= 0.3 is 12.1 Å². The Morgan fingerprint density at radius 1 is 1.00 bits per heavy atom. The summed E-state index contributed by atoms with van der Waals surface area (Å²) in [5.41, 5.74) is 0.630. The van der Waals surface area contributed by atoms with Gasteiger partial charge in [-0.3, -0.25) is 14.4 Å². The van der Waals surface area contributed by atoms with Gasteiger partial charge in [0.15, 0.2) is 0 Å². The van der Waals surface area contributed by atoms with E-state index in [1.807, 2.05) is 30.3 Å². The third-order valence-corrected chi connectivity index (χ3v) is 6.73. The Balaban J connectivity index is 1.85. The van der Waals surface area contributed by atoms with Crippen molar-refractivity contribution >= 4 is 29.8 Å². The second-order valence-electron chi connectivity index (χ2n) is 12.2. The number of alkyl carbamates (subject to hydrolysis) is 1. The van der Waals surface area contributed by atoms with Crippen molar-refractivity contribution in [3.63, 3.8) is 0 Å². The van der Waals surface area contributed by atoms with Crippen LogP contribution in [0.25, 0.3) is 0 Å². The van der Waals surface area contributed by atoms with Gasteiger partial charge in [0.25, 0.3) is 0 Å². The van der Waals surface area contributed by atoms with E-state index in [9.17, 15) is 29.1 Å². The summed E-state index contributed by atoms with van der Waals surface area (Å²) in [5, 5.41) is 20.3. The average Bonchev–Trinajstić information content (AvgIpc) is 2.96. The predicted molar refractivity (Wildman–Crippen MR) is 166 cm³/mol. The summed E-state index contributed by atoms with van der Waals surface area (Å²) in [6.45, 7) is 8.25. The van der Waals surface area contributed by atoms with Gasteiger partial charge in [-0.2, -0.15) is 0 Å². The number of hydrogen-bond donors (Lipinski definition) is 5. The predicted octanol–water partition coefficient (Wildman–Crippen LogP) is 2.29. The Hall–Kier alpha value is -4.87. The maximum atomic E-state index is 13.5. The number of benzene rings is 2. The summed E-state index contributed by atoms with van der Waals surface area (Å²) in [6.07, 6.45) is 1.92. The van der Waals surface area contributed by atoms with Crippen LogP contribution in [0.3, 0.4) is 0 Å². The van der Waals surface area contributed by atoms with Crippen LogP contribution in [0.5, 0.6) is 5.75 Å². The minimum absolute atomic E-state index is 0.0451. The highest BCUT2D eigenvalue weighted by Crippen LogP contribution is 2.14. The number of rotatable bonds is 8. The van der Waals surface area contributed by atoms with E-state index < -0.39 is 59.6 Å². The normalized spacial score (nSPS) is 20.8. The van der Waals surface area contributed by atoms with Crippen LogP contribution in [0.4, 0.5) is 4.79 Å². The van der Waals surface area contributed by atoms with Gasteiger partial charge in [0.05, 0.1) is 6.04 Å². The Bertz CT molecular complexity index is 1370. The number of cyclic esters (lactones) is 1. The summed E-state index contributed by atoms with van der Waals surface area (Å²) < 4.78 is 10.9. The second kappa shape index (κ2) is 15.7. The number of aromatic hydroxyl groups is 1. The molecule has 0 aromatic heterocycles. The van der Waals surface area contributed by atoms with E-state index >= 15 is 0 Å². The van der Waals surface area contributed by atoms with Gasteiger partial charge in [-0.15, -0.1) is 0 Å². The maximum absolute atomic E-state index is 13.5. The molecule has 0 saturated heterocycles. The van der Waals surface area contributed by atoms with E-state index in [1.54, 1.807) is 46.8 Å². The lowest BCUT2D eigenvalue weighted by molar-refractivity contribution is -0.149. The van der Waals surface area contributed by atoms with Crippen molar-refractivity contribution in [2.24, 2.45) is 5.92 Å². The number of ether oxygens (including phenoxy) is 2.